The molecule has 0 saturated heterocycles. The van der Waals surface area contributed by atoms with Crippen LogP contribution in [0.4, 0.5) is 8.78 Å². The highest BCUT2D eigenvalue weighted by Crippen LogP contribution is 2.28. The molecule has 0 spiro atoms. The van der Waals surface area contributed by atoms with Gasteiger partial charge in [-0.05, 0) is 29.8 Å². The third-order valence-corrected chi connectivity index (χ3v) is 3.23. The first-order valence-corrected chi connectivity index (χ1v) is 7.25. The van der Waals surface area contributed by atoms with E-state index in [4.69, 9.17) is 9.47 Å². The Morgan fingerprint density at radius 1 is 1.21 bits per heavy atom. The van der Waals surface area contributed by atoms with Crippen LogP contribution in [0.1, 0.15) is 18.1 Å². The van der Waals surface area contributed by atoms with Crippen LogP contribution in [0, 0.1) is 0 Å². The predicted octanol–water partition coefficient (Wildman–Crippen LogP) is 2.90. The predicted molar refractivity (Wildman–Crippen MR) is 84.1 cm³/mol. The first-order chi connectivity index (χ1) is 11.4. The van der Waals surface area contributed by atoms with Gasteiger partial charge in [-0.2, -0.15) is 0 Å². The molecule has 0 fully saturated rings. The molecule has 0 atom stereocenters. The number of aromatic nitrogens is 1. The molecule has 0 bridgehead atoms. The number of hydrogen-bond acceptors (Lipinski definition) is 4. The number of alkyl halides is 2. The fourth-order valence-electron chi connectivity index (χ4n) is 1.88. The molecule has 5 nitrogen and oxygen atoms in total. The zero-order chi connectivity index (χ0) is 17.6. The van der Waals surface area contributed by atoms with Crippen LogP contribution in [0.2, 0.25) is 0 Å². The van der Waals surface area contributed by atoms with E-state index in [0.717, 1.165) is 12.5 Å². The van der Waals surface area contributed by atoms with Gasteiger partial charge in [0.25, 0.3) is 11.8 Å². The van der Waals surface area contributed by atoms with Crippen molar-refractivity contribution in [2.75, 3.05) is 13.7 Å². The van der Waals surface area contributed by atoms with E-state index in [1.54, 1.807) is 18.3 Å². The van der Waals surface area contributed by atoms with E-state index in [2.05, 4.69) is 10.3 Å². The summed E-state index contributed by atoms with van der Waals surface area (Å²) in [6.07, 6.45) is 1.60. The van der Waals surface area contributed by atoms with Gasteiger partial charge in [0.2, 0.25) is 5.88 Å². The second-order valence-electron chi connectivity index (χ2n) is 5.19. The SMILES string of the molecule is COc1ccc(CNC(=O)COc2ccc(C(C)(F)F)cc2)cn1. The zero-order valence-electron chi connectivity index (χ0n) is 13.4. The van der Waals surface area contributed by atoms with Crippen LogP contribution >= 0.6 is 0 Å². The van der Waals surface area contributed by atoms with Crippen molar-refractivity contribution in [3.05, 3.63) is 53.7 Å². The van der Waals surface area contributed by atoms with Crippen molar-refractivity contribution < 1.29 is 23.0 Å². The number of halogens is 2. The Morgan fingerprint density at radius 2 is 1.92 bits per heavy atom. The normalized spacial score (nSPS) is 11.0. The van der Waals surface area contributed by atoms with Gasteiger partial charge in [-0.25, -0.2) is 13.8 Å². The minimum absolute atomic E-state index is 0.105. The quantitative estimate of drug-likeness (QED) is 0.845. The van der Waals surface area contributed by atoms with Crippen LogP contribution in [0.25, 0.3) is 0 Å². The lowest BCUT2D eigenvalue weighted by Gasteiger charge is -2.11. The van der Waals surface area contributed by atoms with Crippen LogP contribution in [0.5, 0.6) is 11.6 Å². The first-order valence-electron chi connectivity index (χ1n) is 7.25. The molecule has 0 aliphatic rings. The first kappa shape index (κ1) is 17.7. The summed E-state index contributed by atoms with van der Waals surface area (Å²) in [5, 5.41) is 2.68. The Hall–Kier alpha value is -2.70. The van der Waals surface area contributed by atoms with Crippen molar-refractivity contribution in [2.24, 2.45) is 0 Å². The number of pyridine rings is 1. The highest BCUT2D eigenvalue weighted by Gasteiger charge is 2.23. The fourth-order valence-corrected chi connectivity index (χ4v) is 1.88. The van der Waals surface area contributed by atoms with Crippen molar-refractivity contribution >= 4 is 5.91 Å². The zero-order valence-corrected chi connectivity index (χ0v) is 13.4. The van der Waals surface area contributed by atoms with E-state index in [1.807, 2.05) is 0 Å². The van der Waals surface area contributed by atoms with Crippen LogP contribution < -0.4 is 14.8 Å². The van der Waals surface area contributed by atoms with Crippen LogP contribution in [-0.2, 0) is 17.3 Å². The molecule has 2 aromatic rings. The van der Waals surface area contributed by atoms with E-state index >= 15 is 0 Å². The lowest BCUT2D eigenvalue weighted by atomic mass is 10.1. The third-order valence-electron chi connectivity index (χ3n) is 3.23. The van der Waals surface area contributed by atoms with E-state index in [9.17, 15) is 13.6 Å². The molecule has 128 valence electrons. The Bertz CT molecular complexity index is 668. The van der Waals surface area contributed by atoms with Gasteiger partial charge in [-0.15, -0.1) is 0 Å². The molecular formula is C17H18F2N2O3. The van der Waals surface area contributed by atoms with Crippen molar-refractivity contribution in [3.63, 3.8) is 0 Å². The molecule has 2 rings (SSSR count). The Labute approximate surface area is 138 Å². The summed E-state index contributed by atoms with van der Waals surface area (Å²) < 4.78 is 36.4. The average Bonchev–Trinajstić information content (AvgIpc) is 2.58. The molecule has 1 amide bonds. The van der Waals surface area contributed by atoms with Gasteiger partial charge < -0.3 is 14.8 Å². The number of nitrogens with one attached hydrogen (secondary N) is 1. The van der Waals surface area contributed by atoms with E-state index in [1.165, 1.54) is 31.4 Å². The summed E-state index contributed by atoms with van der Waals surface area (Å²) in [5.74, 6) is -2.38. The van der Waals surface area contributed by atoms with Gasteiger partial charge in [-0.3, -0.25) is 4.79 Å². The van der Waals surface area contributed by atoms with E-state index in [0.29, 0.717) is 18.2 Å². The van der Waals surface area contributed by atoms with Gasteiger partial charge in [0.1, 0.15) is 5.75 Å². The van der Waals surface area contributed by atoms with Crippen molar-refractivity contribution in [1.29, 1.82) is 0 Å². The summed E-state index contributed by atoms with van der Waals surface area (Å²) in [6.45, 7) is 0.927. The number of benzene rings is 1. The number of carbonyl (C=O) groups excluding carboxylic acids is 1. The Balaban J connectivity index is 1.78. The lowest BCUT2D eigenvalue weighted by molar-refractivity contribution is -0.123. The van der Waals surface area contributed by atoms with E-state index in [-0.39, 0.29) is 18.1 Å². The van der Waals surface area contributed by atoms with Gasteiger partial charge >= 0.3 is 0 Å². The largest absolute Gasteiger partial charge is 0.484 e. The standard InChI is InChI=1S/C17H18F2N2O3/c1-17(18,19)13-4-6-14(7-5-13)24-11-15(22)20-9-12-3-8-16(23-2)21-10-12/h3-8,10H,9,11H2,1-2H3,(H,20,22). The van der Waals surface area contributed by atoms with Crippen molar-refractivity contribution in [1.82, 2.24) is 10.3 Å². The molecule has 0 saturated carbocycles. The van der Waals surface area contributed by atoms with Gasteiger partial charge in [0.15, 0.2) is 6.61 Å². The van der Waals surface area contributed by atoms with Crippen molar-refractivity contribution in [2.45, 2.75) is 19.4 Å². The molecule has 1 aromatic carbocycles. The number of rotatable bonds is 7. The number of hydrogen-bond donors (Lipinski definition) is 1. The average molecular weight is 336 g/mol. The number of ether oxygens (including phenoxy) is 2. The lowest BCUT2D eigenvalue weighted by Crippen LogP contribution is -2.28. The van der Waals surface area contributed by atoms with Gasteiger partial charge in [0.05, 0.1) is 7.11 Å². The highest BCUT2D eigenvalue weighted by molar-refractivity contribution is 5.77. The molecule has 1 N–H and O–H groups in total. The van der Waals surface area contributed by atoms with Crippen LogP contribution in [0.3, 0.4) is 0 Å². The molecule has 7 heteroatoms. The van der Waals surface area contributed by atoms with Gasteiger partial charge in [0, 0.05) is 31.3 Å². The molecule has 0 radical (unpaired) electrons. The summed E-state index contributed by atoms with van der Waals surface area (Å²) in [5.41, 5.74) is 0.713. The van der Waals surface area contributed by atoms with Crippen LogP contribution in [0.15, 0.2) is 42.6 Å². The maximum atomic E-state index is 13.1. The molecule has 0 aliphatic heterocycles. The molecule has 1 heterocycles. The number of nitrogens with zero attached hydrogens (tertiary/aromatic N) is 1. The van der Waals surface area contributed by atoms with Crippen LogP contribution in [-0.4, -0.2) is 24.6 Å². The maximum Gasteiger partial charge on any atom is 0.270 e. The number of carbonyl (C=O) groups is 1. The molecule has 0 aliphatic carbocycles. The summed E-state index contributed by atoms with van der Waals surface area (Å²) in [7, 11) is 1.52. The summed E-state index contributed by atoms with van der Waals surface area (Å²) in [6, 6.07) is 8.85. The topological polar surface area (TPSA) is 60.5 Å². The Kier molecular flexibility index (Phi) is 5.68. The van der Waals surface area contributed by atoms with E-state index < -0.39 is 5.92 Å². The Morgan fingerprint density at radius 3 is 2.46 bits per heavy atom. The monoisotopic (exact) mass is 336 g/mol. The second-order valence-corrected chi connectivity index (χ2v) is 5.19. The summed E-state index contributed by atoms with van der Waals surface area (Å²) >= 11 is 0. The second kappa shape index (κ2) is 7.72. The fraction of sp³-hybridized carbons (Fsp3) is 0.294. The molecule has 0 unspecified atom stereocenters. The number of methoxy groups -OCH3 is 1. The minimum atomic E-state index is -2.90. The number of amides is 1. The van der Waals surface area contributed by atoms with Crippen molar-refractivity contribution in [3.8, 4) is 11.6 Å². The molecule has 24 heavy (non-hydrogen) atoms. The smallest absolute Gasteiger partial charge is 0.270 e. The molecular weight excluding hydrogens is 318 g/mol. The molecule has 1 aromatic heterocycles. The minimum Gasteiger partial charge on any atom is -0.484 e. The third kappa shape index (κ3) is 5.19. The maximum absolute atomic E-state index is 13.1. The summed E-state index contributed by atoms with van der Waals surface area (Å²) in [4.78, 5) is 15.8. The highest BCUT2D eigenvalue weighted by atomic mass is 19.3. The van der Waals surface area contributed by atoms with Gasteiger partial charge in [-0.1, -0.05) is 6.07 Å².